The molecule has 1 amide bonds. The van der Waals surface area contributed by atoms with Crippen LogP contribution in [0.5, 0.6) is 0 Å². The van der Waals surface area contributed by atoms with Gasteiger partial charge in [-0.25, -0.2) is 0 Å². The summed E-state index contributed by atoms with van der Waals surface area (Å²) in [5.41, 5.74) is 1.29. The number of nitriles is 1. The quantitative estimate of drug-likeness (QED) is 0.846. The second kappa shape index (κ2) is 7.99. The van der Waals surface area contributed by atoms with Crippen LogP contribution in [0.4, 0.5) is 0 Å². The van der Waals surface area contributed by atoms with Gasteiger partial charge in [-0.05, 0) is 25.1 Å². The molecule has 1 N–H and O–H groups in total. The number of rotatable bonds is 4. The molecule has 0 bridgehead atoms. The Kier molecular flexibility index (Phi) is 6.29. The molecule has 0 aromatic heterocycles. The summed E-state index contributed by atoms with van der Waals surface area (Å²) in [6.45, 7) is 2.21. The van der Waals surface area contributed by atoms with Gasteiger partial charge in [-0.3, -0.25) is 4.79 Å². The maximum atomic E-state index is 12.2. The third kappa shape index (κ3) is 4.76. The highest BCUT2D eigenvalue weighted by Gasteiger charge is 2.14. The van der Waals surface area contributed by atoms with Crippen LogP contribution in [0, 0.1) is 29.1 Å². The van der Waals surface area contributed by atoms with Crippen molar-refractivity contribution in [3.05, 3.63) is 35.4 Å². The maximum absolute atomic E-state index is 12.2. The van der Waals surface area contributed by atoms with Crippen molar-refractivity contribution in [2.45, 2.75) is 13.3 Å². The smallest absolute Gasteiger partial charge is 0.253 e. The summed E-state index contributed by atoms with van der Waals surface area (Å²) in [5.74, 6) is 5.39. The molecule has 0 heterocycles. The van der Waals surface area contributed by atoms with E-state index < -0.39 is 0 Å². The number of hydrogen-bond donors (Lipinski definition) is 1. The molecule has 0 saturated carbocycles. The molecule has 104 valence electrons. The Bertz CT molecular complexity index is 564. The molecule has 0 aliphatic carbocycles. The van der Waals surface area contributed by atoms with Crippen LogP contribution >= 0.6 is 0 Å². The zero-order valence-corrected chi connectivity index (χ0v) is 11.8. The van der Waals surface area contributed by atoms with Crippen molar-refractivity contribution in [1.29, 1.82) is 5.26 Å². The van der Waals surface area contributed by atoms with Crippen LogP contribution in [0.3, 0.4) is 0 Å². The van der Waals surface area contributed by atoms with E-state index in [1.165, 1.54) is 4.90 Å². The molecule has 0 spiro atoms. The fourth-order valence-electron chi connectivity index (χ4n) is 1.71. The van der Waals surface area contributed by atoms with E-state index in [0.29, 0.717) is 18.5 Å². The number of aliphatic hydroxyl groups is 1. The lowest BCUT2D eigenvalue weighted by Gasteiger charge is -2.18. The van der Waals surface area contributed by atoms with Gasteiger partial charge in [0.1, 0.15) is 0 Å². The molecule has 0 radical (unpaired) electrons. The topological polar surface area (TPSA) is 64.3 Å². The predicted molar refractivity (Wildman–Crippen MR) is 76.8 cm³/mol. The van der Waals surface area contributed by atoms with E-state index in [0.717, 1.165) is 5.56 Å². The molecule has 0 aliphatic rings. The number of amides is 1. The van der Waals surface area contributed by atoms with E-state index in [1.807, 2.05) is 6.07 Å². The molecular weight excluding hydrogens is 252 g/mol. The maximum Gasteiger partial charge on any atom is 0.253 e. The molecule has 4 heteroatoms. The summed E-state index contributed by atoms with van der Waals surface area (Å²) in [6.07, 6.45) is 0.414. The van der Waals surface area contributed by atoms with Crippen LogP contribution < -0.4 is 0 Å². The molecule has 0 saturated heterocycles. The highest BCUT2D eigenvalue weighted by molar-refractivity contribution is 5.94. The largest absolute Gasteiger partial charge is 0.395 e. The highest BCUT2D eigenvalue weighted by atomic mass is 16.2. The first-order chi connectivity index (χ1) is 9.58. The normalized spacial score (nSPS) is 10.9. The Hall–Kier alpha value is -2.30. The third-order valence-corrected chi connectivity index (χ3v) is 2.69. The zero-order valence-electron chi connectivity index (χ0n) is 11.8. The predicted octanol–water partition coefficient (Wildman–Crippen LogP) is 1.65. The van der Waals surface area contributed by atoms with Gasteiger partial charge in [-0.15, -0.1) is 0 Å². The summed E-state index contributed by atoms with van der Waals surface area (Å²) >= 11 is 0. The molecule has 1 aromatic rings. The summed E-state index contributed by atoms with van der Waals surface area (Å²) in [6, 6.07) is 9.15. The van der Waals surface area contributed by atoms with Crippen LogP contribution in [-0.4, -0.2) is 36.1 Å². The second-order valence-electron chi connectivity index (χ2n) is 4.57. The molecule has 1 unspecified atom stereocenters. The fraction of sp³-hybridized carbons (Fsp3) is 0.375. The summed E-state index contributed by atoms with van der Waals surface area (Å²) in [7, 11) is 1.68. The lowest BCUT2D eigenvalue weighted by atomic mass is 10.1. The Morgan fingerprint density at radius 2 is 2.25 bits per heavy atom. The Morgan fingerprint density at radius 3 is 2.90 bits per heavy atom. The van der Waals surface area contributed by atoms with E-state index in [1.54, 1.807) is 32.2 Å². The van der Waals surface area contributed by atoms with E-state index in [2.05, 4.69) is 17.9 Å². The average Bonchev–Trinajstić information content (AvgIpc) is 2.46. The van der Waals surface area contributed by atoms with E-state index >= 15 is 0 Å². The average molecular weight is 270 g/mol. The van der Waals surface area contributed by atoms with Crippen molar-refractivity contribution < 1.29 is 9.90 Å². The lowest BCUT2D eigenvalue weighted by molar-refractivity contribution is 0.0785. The van der Waals surface area contributed by atoms with E-state index in [9.17, 15) is 4.79 Å². The SMILES string of the molecule is CC(C#N)CN(C)C(=O)c1cccc(C#CCCO)c1. The number of aliphatic hydroxyl groups excluding tert-OH is 1. The highest BCUT2D eigenvalue weighted by Crippen LogP contribution is 2.08. The molecule has 4 nitrogen and oxygen atoms in total. The number of benzene rings is 1. The van der Waals surface area contributed by atoms with Gasteiger partial charge < -0.3 is 10.0 Å². The van der Waals surface area contributed by atoms with E-state index in [4.69, 9.17) is 10.4 Å². The number of carbonyl (C=O) groups excluding carboxylic acids is 1. The summed E-state index contributed by atoms with van der Waals surface area (Å²) in [5, 5.41) is 17.5. The van der Waals surface area contributed by atoms with Crippen molar-refractivity contribution in [3.8, 4) is 17.9 Å². The van der Waals surface area contributed by atoms with Gasteiger partial charge in [0.25, 0.3) is 5.91 Å². The molecule has 1 aromatic carbocycles. The molecule has 0 fully saturated rings. The van der Waals surface area contributed by atoms with Crippen LogP contribution in [0.2, 0.25) is 0 Å². The monoisotopic (exact) mass is 270 g/mol. The number of nitrogens with zero attached hydrogens (tertiary/aromatic N) is 2. The molecule has 20 heavy (non-hydrogen) atoms. The van der Waals surface area contributed by atoms with Gasteiger partial charge in [-0.1, -0.05) is 17.9 Å². The van der Waals surface area contributed by atoms with Crippen molar-refractivity contribution in [3.63, 3.8) is 0 Å². The Balaban J connectivity index is 2.82. The molecular formula is C16H18N2O2. The minimum atomic E-state index is -0.198. The second-order valence-corrected chi connectivity index (χ2v) is 4.57. The lowest BCUT2D eigenvalue weighted by Crippen LogP contribution is -2.30. The van der Waals surface area contributed by atoms with Gasteiger partial charge in [0.05, 0.1) is 18.6 Å². The van der Waals surface area contributed by atoms with Gasteiger partial charge in [0, 0.05) is 31.1 Å². The number of carbonyl (C=O) groups is 1. The molecule has 1 atom stereocenters. The first-order valence-electron chi connectivity index (χ1n) is 6.43. The van der Waals surface area contributed by atoms with Gasteiger partial charge in [0.2, 0.25) is 0 Å². The Morgan fingerprint density at radius 1 is 1.50 bits per heavy atom. The summed E-state index contributed by atoms with van der Waals surface area (Å²) < 4.78 is 0. The standard InChI is InChI=1S/C16H18N2O2/c1-13(11-17)12-18(2)16(20)15-8-5-7-14(10-15)6-3-4-9-19/h5,7-8,10,13,19H,4,9,12H2,1-2H3. The van der Waals surface area contributed by atoms with Crippen LogP contribution in [0.1, 0.15) is 29.3 Å². The number of hydrogen-bond acceptors (Lipinski definition) is 3. The third-order valence-electron chi connectivity index (χ3n) is 2.69. The van der Waals surface area contributed by atoms with Gasteiger partial charge in [-0.2, -0.15) is 5.26 Å². The van der Waals surface area contributed by atoms with Crippen LogP contribution in [0.25, 0.3) is 0 Å². The van der Waals surface area contributed by atoms with Crippen molar-refractivity contribution in [2.75, 3.05) is 20.2 Å². The van der Waals surface area contributed by atoms with Crippen LogP contribution in [-0.2, 0) is 0 Å². The fourth-order valence-corrected chi connectivity index (χ4v) is 1.71. The summed E-state index contributed by atoms with van der Waals surface area (Å²) in [4.78, 5) is 13.7. The first kappa shape index (κ1) is 15.8. The van der Waals surface area contributed by atoms with Crippen molar-refractivity contribution in [1.82, 2.24) is 4.90 Å². The molecule has 0 aliphatic heterocycles. The van der Waals surface area contributed by atoms with Crippen LogP contribution in [0.15, 0.2) is 24.3 Å². The first-order valence-corrected chi connectivity index (χ1v) is 6.43. The minimum absolute atomic E-state index is 0.0282. The van der Waals surface area contributed by atoms with Crippen molar-refractivity contribution >= 4 is 5.91 Å². The van der Waals surface area contributed by atoms with Gasteiger partial charge in [0.15, 0.2) is 0 Å². The van der Waals surface area contributed by atoms with Gasteiger partial charge >= 0.3 is 0 Å². The minimum Gasteiger partial charge on any atom is -0.395 e. The Labute approximate surface area is 119 Å². The van der Waals surface area contributed by atoms with E-state index in [-0.39, 0.29) is 18.4 Å². The zero-order chi connectivity index (χ0) is 15.0. The van der Waals surface area contributed by atoms with Crippen molar-refractivity contribution in [2.24, 2.45) is 5.92 Å². The molecule has 1 rings (SSSR count).